The molecule has 0 aliphatic rings. The zero-order valence-corrected chi connectivity index (χ0v) is 14.2. The lowest BCUT2D eigenvalue weighted by molar-refractivity contribution is 0.420. The summed E-state index contributed by atoms with van der Waals surface area (Å²) in [5, 5.41) is 3.58. The monoisotopic (exact) mass is 325 g/mol. The standard InChI is InChI=1S/C17H28BrN/c1-4-6-14(3)12-16(13-19-11-5-2)15-7-9-17(18)10-8-15/h7-10,14,16,19H,4-6,11-13H2,1-3H3. The molecular weight excluding hydrogens is 298 g/mol. The van der Waals surface area contributed by atoms with Gasteiger partial charge in [-0.3, -0.25) is 0 Å². The molecule has 1 N–H and O–H groups in total. The normalized spacial score (nSPS) is 14.3. The van der Waals surface area contributed by atoms with Gasteiger partial charge in [0.05, 0.1) is 0 Å². The number of halogens is 1. The molecule has 0 saturated heterocycles. The van der Waals surface area contributed by atoms with Crippen LogP contribution in [-0.2, 0) is 0 Å². The van der Waals surface area contributed by atoms with Crippen LogP contribution in [-0.4, -0.2) is 13.1 Å². The molecule has 2 atom stereocenters. The molecule has 0 fully saturated rings. The minimum atomic E-state index is 0.640. The lowest BCUT2D eigenvalue weighted by Gasteiger charge is -2.22. The van der Waals surface area contributed by atoms with Crippen LogP contribution in [0.15, 0.2) is 28.7 Å². The molecule has 0 aliphatic carbocycles. The second-order valence-corrected chi connectivity index (χ2v) is 6.50. The second kappa shape index (κ2) is 9.55. The third kappa shape index (κ3) is 6.58. The summed E-state index contributed by atoms with van der Waals surface area (Å²) in [6, 6.07) is 8.85. The average molecular weight is 326 g/mol. The van der Waals surface area contributed by atoms with Crippen molar-refractivity contribution in [3.8, 4) is 0 Å². The highest BCUT2D eigenvalue weighted by molar-refractivity contribution is 9.10. The summed E-state index contributed by atoms with van der Waals surface area (Å²) in [5.41, 5.74) is 1.47. The molecule has 2 unspecified atom stereocenters. The molecule has 0 aliphatic heterocycles. The van der Waals surface area contributed by atoms with Crippen molar-refractivity contribution in [2.75, 3.05) is 13.1 Å². The Kier molecular flexibility index (Phi) is 8.40. The van der Waals surface area contributed by atoms with Crippen LogP contribution >= 0.6 is 15.9 Å². The molecule has 1 aromatic carbocycles. The van der Waals surface area contributed by atoms with Crippen LogP contribution in [0.1, 0.15) is 57.9 Å². The quantitative estimate of drug-likeness (QED) is 0.603. The topological polar surface area (TPSA) is 12.0 Å². The molecule has 108 valence electrons. The predicted molar refractivity (Wildman–Crippen MR) is 88.7 cm³/mol. The number of hydrogen-bond acceptors (Lipinski definition) is 1. The van der Waals surface area contributed by atoms with E-state index in [1.807, 2.05) is 0 Å². The van der Waals surface area contributed by atoms with Gasteiger partial charge in [0.2, 0.25) is 0 Å². The van der Waals surface area contributed by atoms with Crippen LogP contribution in [0.4, 0.5) is 0 Å². The fraction of sp³-hybridized carbons (Fsp3) is 0.647. The van der Waals surface area contributed by atoms with E-state index in [9.17, 15) is 0 Å². The molecule has 0 spiro atoms. The van der Waals surface area contributed by atoms with Gasteiger partial charge in [0.1, 0.15) is 0 Å². The summed E-state index contributed by atoms with van der Waals surface area (Å²) in [7, 11) is 0. The third-order valence-electron chi connectivity index (χ3n) is 3.63. The van der Waals surface area contributed by atoms with Crippen molar-refractivity contribution in [1.29, 1.82) is 0 Å². The van der Waals surface area contributed by atoms with Crippen LogP contribution in [0.2, 0.25) is 0 Å². The Bertz CT molecular complexity index is 334. The zero-order chi connectivity index (χ0) is 14.1. The summed E-state index contributed by atoms with van der Waals surface area (Å²) in [6.45, 7) is 9.11. The lowest BCUT2D eigenvalue weighted by atomic mass is 9.87. The van der Waals surface area contributed by atoms with Gasteiger partial charge in [0.25, 0.3) is 0 Å². The van der Waals surface area contributed by atoms with Crippen molar-refractivity contribution in [2.24, 2.45) is 5.92 Å². The molecule has 2 heteroatoms. The van der Waals surface area contributed by atoms with E-state index in [2.05, 4.69) is 66.3 Å². The minimum Gasteiger partial charge on any atom is -0.316 e. The van der Waals surface area contributed by atoms with Gasteiger partial charge >= 0.3 is 0 Å². The molecule has 0 saturated carbocycles. The average Bonchev–Trinajstić information content (AvgIpc) is 2.39. The highest BCUT2D eigenvalue weighted by Crippen LogP contribution is 2.26. The zero-order valence-electron chi connectivity index (χ0n) is 12.6. The summed E-state index contributed by atoms with van der Waals surface area (Å²) in [5.74, 6) is 1.45. The van der Waals surface area contributed by atoms with E-state index < -0.39 is 0 Å². The van der Waals surface area contributed by atoms with E-state index in [4.69, 9.17) is 0 Å². The first-order chi connectivity index (χ1) is 9.17. The Labute approximate surface area is 127 Å². The first kappa shape index (κ1) is 16.7. The maximum atomic E-state index is 3.58. The van der Waals surface area contributed by atoms with E-state index in [-0.39, 0.29) is 0 Å². The molecule has 0 radical (unpaired) electrons. The molecule has 1 aromatic rings. The third-order valence-corrected chi connectivity index (χ3v) is 4.16. The van der Waals surface area contributed by atoms with E-state index in [1.54, 1.807) is 0 Å². The fourth-order valence-corrected chi connectivity index (χ4v) is 2.89. The fourth-order valence-electron chi connectivity index (χ4n) is 2.62. The van der Waals surface area contributed by atoms with Gasteiger partial charge in [-0.25, -0.2) is 0 Å². The smallest absolute Gasteiger partial charge is 0.0175 e. The predicted octanol–water partition coefficient (Wildman–Crippen LogP) is 5.36. The van der Waals surface area contributed by atoms with Crippen LogP contribution in [0.3, 0.4) is 0 Å². The molecule has 0 bridgehead atoms. The SMILES string of the molecule is CCCNCC(CC(C)CCC)c1ccc(Br)cc1. The Morgan fingerprint density at radius 1 is 1.11 bits per heavy atom. The van der Waals surface area contributed by atoms with Gasteiger partial charge in [-0.1, -0.05) is 61.7 Å². The molecule has 0 aromatic heterocycles. The minimum absolute atomic E-state index is 0.640. The van der Waals surface area contributed by atoms with Gasteiger partial charge in [0.15, 0.2) is 0 Å². The second-order valence-electron chi connectivity index (χ2n) is 5.58. The molecule has 0 amide bonds. The van der Waals surface area contributed by atoms with Crippen LogP contribution in [0.25, 0.3) is 0 Å². The maximum absolute atomic E-state index is 3.58. The van der Waals surface area contributed by atoms with E-state index >= 15 is 0 Å². The summed E-state index contributed by atoms with van der Waals surface area (Å²) < 4.78 is 1.16. The van der Waals surface area contributed by atoms with Crippen molar-refractivity contribution < 1.29 is 0 Å². The van der Waals surface area contributed by atoms with Crippen molar-refractivity contribution in [2.45, 2.75) is 52.4 Å². The summed E-state index contributed by atoms with van der Waals surface area (Å²) in [4.78, 5) is 0. The molecular formula is C17H28BrN. The van der Waals surface area contributed by atoms with Crippen molar-refractivity contribution in [3.05, 3.63) is 34.3 Å². The first-order valence-electron chi connectivity index (χ1n) is 7.63. The van der Waals surface area contributed by atoms with Gasteiger partial charge < -0.3 is 5.32 Å². The maximum Gasteiger partial charge on any atom is 0.0175 e. The van der Waals surface area contributed by atoms with E-state index in [0.717, 1.165) is 23.5 Å². The molecule has 0 heterocycles. The van der Waals surface area contributed by atoms with Crippen LogP contribution in [0, 0.1) is 5.92 Å². The van der Waals surface area contributed by atoms with Gasteiger partial charge in [0, 0.05) is 11.0 Å². The Morgan fingerprint density at radius 3 is 2.37 bits per heavy atom. The Morgan fingerprint density at radius 2 is 1.79 bits per heavy atom. The Balaban J connectivity index is 2.64. The summed E-state index contributed by atoms with van der Waals surface area (Å²) >= 11 is 3.52. The highest BCUT2D eigenvalue weighted by atomic mass is 79.9. The van der Waals surface area contributed by atoms with E-state index in [0.29, 0.717) is 5.92 Å². The number of rotatable bonds is 9. The van der Waals surface area contributed by atoms with Gasteiger partial charge in [-0.05, 0) is 48.9 Å². The van der Waals surface area contributed by atoms with E-state index in [1.165, 1.54) is 31.2 Å². The number of benzene rings is 1. The van der Waals surface area contributed by atoms with Gasteiger partial charge in [-0.2, -0.15) is 0 Å². The van der Waals surface area contributed by atoms with Crippen LogP contribution in [0.5, 0.6) is 0 Å². The lowest BCUT2D eigenvalue weighted by Crippen LogP contribution is -2.23. The van der Waals surface area contributed by atoms with Crippen molar-refractivity contribution >= 4 is 15.9 Å². The van der Waals surface area contributed by atoms with Crippen LogP contribution < -0.4 is 5.32 Å². The number of nitrogens with one attached hydrogen (secondary N) is 1. The molecule has 1 nitrogen and oxygen atoms in total. The van der Waals surface area contributed by atoms with Crippen molar-refractivity contribution in [1.82, 2.24) is 5.32 Å². The molecule has 1 rings (SSSR count). The number of hydrogen-bond donors (Lipinski definition) is 1. The van der Waals surface area contributed by atoms with Gasteiger partial charge in [-0.15, -0.1) is 0 Å². The Hall–Kier alpha value is -0.340. The first-order valence-corrected chi connectivity index (χ1v) is 8.42. The van der Waals surface area contributed by atoms with Crippen molar-refractivity contribution in [3.63, 3.8) is 0 Å². The summed E-state index contributed by atoms with van der Waals surface area (Å²) in [6.07, 6.45) is 5.11. The largest absolute Gasteiger partial charge is 0.316 e. The highest BCUT2D eigenvalue weighted by Gasteiger charge is 2.14. The molecule has 19 heavy (non-hydrogen) atoms.